The maximum absolute atomic E-state index is 4.76. The lowest BCUT2D eigenvalue weighted by molar-refractivity contribution is 0.533. The van der Waals surface area contributed by atoms with Gasteiger partial charge in [0, 0.05) is 19.5 Å². The zero-order valence-electron chi connectivity index (χ0n) is 16.7. The average Bonchev–Trinajstić information content (AvgIpc) is 2.76. The summed E-state index contributed by atoms with van der Waals surface area (Å²) in [6, 6.07) is 15.5. The zero-order valence-corrected chi connectivity index (χ0v) is 16.7. The Morgan fingerprint density at radius 3 is 2.62 bits per heavy atom. The van der Waals surface area contributed by atoms with Gasteiger partial charge in [-0.3, -0.25) is 0 Å². The molecule has 0 amide bonds. The summed E-state index contributed by atoms with van der Waals surface area (Å²) in [5, 5.41) is 0. The molecule has 26 heavy (non-hydrogen) atoms. The molecule has 0 aromatic heterocycles. The second-order valence-electron chi connectivity index (χ2n) is 7.95. The Morgan fingerprint density at radius 1 is 1.19 bits per heavy atom. The zero-order chi connectivity index (χ0) is 18.7. The van der Waals surface area contributed by atoms with Crippen molar-refractivity contribution in [1.29, 1.82) is 0 Å². The molecule has 0 saturated carbocycles. The number of benzene rings is 2. The first kappa shape index (κ1) is 18.4. The third-order valence-corrected chi connectivity index (χ3v) is 5.44. The molecule has 0 N–H and O–H groups in total. The van der Waals surface area contributed by atoms with E-state index in [1.54, 1.807) is 0 Å². The molecule has 0 aliphatic heterocycles. The van der Waals surface area contributed by atoms with Gasteiger partial charge in [-0.2, -0.15) is 0 Å². The van der Waals surface area contributed by atoms with Crippen LogP contribution in [0.3, 0.4) is 0 Å². The summed E-state index contributed by atoms with van der Waals surface area (Å²) >= 11 is 0. The van der Waals surface area contributed by atoms with E-state index in [1.165, 1.54) is 22.3 Å². The smallest absolute Gasteiger partial charge is 0.0909 e. The first-order valence-corrected chi connectivity index (χ1v) is 9.53. The quantitative estimate of drug-likeness (QED) is 0.378. The summed E-state index contributed by atoms with van der Waals surface area (Å²) in [5.41, 5.74) is 6.58. The second kappa shape index (κ2) is 7.49. The summed E-state index contributed by atoms with van der Waals surface area (Å²) in [5.74, 6) is 0.308. The van der Waals surface area contributed by atoms with Crippen molar-refractivity contribution >= 4 is 12.0 Å². The number of aryl methyl sites for hydroxylation is 1. The molecule has 1 aliphatic carbocycles. The van der Waals surface area contributed by atoms with Crippen LogP contribution in [0, 0.1) is 6.92 Å². The van der Waals surface area contributed by atoms with Gasteiger partial charge in [0.15, 0.2) is 0 Å². The summed E-state index contributed by atoms with van der Waals surface area (Å²) in [4.78, 5) is 6.86. The Balaban J connectivity index is 2.13. The molecule has 0 bridgehead atoms. The second-order valence-corrected chi connectivity index (χ2v) is 7.95. The van der Waals surface area contributed by atoms with Crippen LogP contribution in [0.25, 0.3) is 0 Å². The highest BCUT2D eigenvalue weighted by Gasteiger charge is 2.29. The predicted octanol–water partition coefficient (Wildman–Crippen LogP) is 5.98. The van der Waals surface area contributed by atoms with Crippen molar-refractivity contribution < 1.29 is 0 Å². The molecule has 2 heteroatoms. The molecule has 2 aromatic rings. The van der Waals surface area contributed by atoms with E-state index < -0.39 is 0 Å². The van der Waals surface area contributed by atoms with E-state index in [4.69, 9.17) is 4.99 Å². The molecule has 0 saturated heterocycles. The molecule has 136 valence electrons. The topological polar surface area (TPSA) is 15.6 Å². The first-order chi connectivity index (χ1) is 12.4. The van der Waals surface area contributed by atoms with Gasteiger partial charge in [-0.1, -0.05) is 62.4 Å². The standard InChI is InChI=1S/C24H30N2/c1-6-26(5)17-25-23-16-22-21(15-18(23)2)20(13-10-14-24(22,3)4)19-11-8-7-9-12-19/h7-13,15-17,20H,6,14H2,1-5H3. The van der Waals surface area contributed by atoms with E-state index in [0.717, 1.165) is 18.7 Å². The largest absolute Gasteiger partial charge is 0.366 e. The molecule has 3 rings (SSSR count). The Hall–Kier alpha value is -2.35. The van der Waals surface area contributed by atoms with Crippen LogP contribution in [0.2, 0.25) is 0 Å². The number of rotatable bonds is 4. The van der Waals surface area contributed by atoms with Gasteiger partial charge in [0.2, 0.25) is 0 Å². The molecule has 2 aromatic carbocycles. The van der Waals surface area contributed by atoms with Crippen molar-refractivity contribution in [2.24, 2.45) is 4.99 Å². The molecule has 0 heterocycles. The third-order valence-electron chi connectivity index (χ3n) is 5.44. The van der Waals surface area contributed by atoms with Gasteiger partial charge in [-0.05, 0) is 54.0 Å². The minimum absolute atomic E-state index is 0.101. The fourth-order valence-electron chi connectivity index (χ4n) is 3.61. The fourth-order valence-corrected chi connectivity index (χ4v) is 3.61. The molecule has 0 spiro atoms. The minimum Gasteiger partial charge on any atom is -0.366 e. The van der Waals surface area contributed by atoms with Crippen LogP contribution >= 0.6 is 0 Å². The van der Waals surface area contributed by atoms with E-state index in [9.17, 15) is 0 Å². The van der Waals surface area contributed by atoms with Crippen molar-refractivity contribution in [2.75, 3.05) is 13.6 Å². The van der Waals surface area contributed by atoms with Crippen LogP contribution in [0.15, 0.2) is 59.6 Å². The third kappa shape index (κ3) is 3.75. The van der Waals surface area contributed by atoms with Crippen molar-refractivity contribution in [3.8, 4) is 0 Å². The predicted molar refractivity (Wildman–Crippen MR) is 113 cm³/mol. The maximum atomic E-state index is 4.76. The summed E-state index contributed by atoms with van der Waals surface area (Å²) in [6.07, 6.45) is 7.70. The first-order valence-electron chi connectivity index (χ1n) is 9.53. The molecule has 1 aliphatic rings. The molecule has 1 unspecified atom stereocenters. The van der Waals surface area contributed by atoms with Gasteiger partial charge in [0.05, 0.1) is 12.0 Å². The van der Waals surface area contributed by atoms with Gasteiger partial charge < -0.3 is 4.90 Å². The minimum atomic E-state index is 0.101. The average molecular weight is 347 g/mol. The van der Waals surface area contributed by atoms with Crippen LogP contribution in [0.4, 0.5) is 5.69 Å². The Morgan fingerprint density at radius 2 is 1.92 bits per heavy atom. The lowest BCUT2D eigenvalue weighted by Crippen LogP contribution is -2.18. The SMILES string of the molecule is CCN(C)C=Nc1cc2c(cc1C)C(c1ccccc1)C=CCC2(C)C. The lowest BCUT2D eigenvalue weighted by atomic mass is 9.77. The molecule has 1 atom stereocenters. The molecule has 0 fully saturated rings. The number of hydrogen-bond acceptors (Lipinski definition) is 1. The summed E-state index contributed by atoms with van der Waals surface area (Å²) in [7, 11) is 2.06. The van der Waals surface area contributed by atoms with Crippen LogP contribution in [-0.2, 0) is 5.41 Å². The number of allylic oxidation sites excluding steroid dienone is 2. The van der Waals surface area contributed by atoms with Crippen molar-refractivity contribution in [1.82, 2.24) is 4.90 Å². The van der Waals surface area contributed by atoms with E-state index in [2.05, 4.69) is 94.3 Å². The number of hydrogen-bond donors (Lipinski definition) is 0. The Kier molecular flexibility index (Phi) is 5.31. The Bertz CT molecular complexity index is 816. The highest BCUT2D eigenvalue weighted by atomic mass is 15.1. The van der Waals surface area contributed by atoms with Gasteiger partial charge in [-0.25, -0.2) is 4.99 Å². The summed E-state index contributed by atoms with van der Waals surface area (Å²) < 4.78 is 0. The van der Waals surface area contributed by atoms with Gasteiger partial charge in [0.1, 0.15) is 0 Å². The van der Waals surface area contributed by atoms with Crippen molar-refractivity contribution in [3.05, 3.63) is 76.9 Å². The number of nitrogens with zero attached hydrogens (tertiary/aromatic N) is 2. The molecular formula is C24H30N2. The highest BCUT2D eigenvalue weighted by Crippen LogP contribution is 2.42. The van der Waals surface area contributed by atoms with Gasteiger partial charge in [0.25, 0.3) is 0 Å². The highest BCUT2D eigenvalue weighted by molar-refractivity contribution is 5.65. The molecular weight excluding hydrogens is 316 g/mol. The van der Waals surface area contributed by atoms with E-state index in [0.29, 0.717) is 5.92 Å². The van der Waals surface area contributed by atoms with E-state index in [-0.39, 0.29) is 5.41 Å². The number of fused-ring (bicyclic) bond motifs is 1. The van der Waals surface area contributed by atoms with Crippen LogP contribution in [0.1, 0.15) is 55.4 Å². The Labute approximate surface area is 158 Å². The van der Waals surface area contributed by atoms with Gasteiger partial charge in [-0.15, -0.1) is 0 Å². The molecule has 2 nitrogen and oxygen atoms in total. The number of aliphatic imine (C=N–C) groups is 1. The van der Waals surface area contributed by atoms with Crippen LogP contribution in [0.5, 0.6) is 0 Å². The van der Waals surface area contributed by atoms with E-state index in [1.807, 2.05) is 6.34 Å². The normalized spacial score (nSPS) is 18.6. The summed E-state index contributed by atoms with van der Waals surface area (Å²) in [6.45, 7) is 9.94. The van der Waals surface area contributed by atoms with Crippen LogP contribution in [-0.4, -0.2) is 24.8 Å². The van der Waals surface area contributed by atoms with Crippen molar-refractivity contribution in [2.45, 2.75) is 45.4 Å². The van der Waals surface area contributed by atoms with Crippen molar-refractivity contribution in [3.63, 3.8) is 0 Å². The maximum Gasteiger partial charge on any atom is 0.0909 e. The monoisotopic (exact) mass is 346 g/mol. The fraction of sp³-hybridized carbons (Fsp3) is 0.375. The van der Waals surface area contributed by atoms with Crippen LogP contribution < -0.4 is 0 Å². The van der Waals surface area contributed by atoms with E-state index >= 15 is 0 Å². The molecule has 0 radical (unpaired) electrons. The van der Waals surface area contributed by atoms with Gasteiger partial charge >= 0.3 is 0 Å². The lowest BCUT2D eigenvalue weighted by Gasteiger charge is -2.28.